The number of aromatic amines is 1. The molecule has 0 bridgehead atoms. The quantitative estimate of drug-likeness (QED) is 0.416. The number of carbonyl (C=O) groups is 1. The summed E-state index contributed by atoms with van der Waals surface area (Å²) in [4.78, 5) is 31.8. The number of nitrogens with one attached hydrogen (secondary N) is 1. The SMILES string of the molecule is CC(C)c1cc(C(=O)c2cnc(-c3ccccc3)[nH]c2=O)c(O)c(O)c1O. The molecule has 0 radical (unpaired) electrons. The van der Waals surface area contributed by atoms with Crippen LogP contribution >= 0.6 is 0 Å². The highest BCUT2D eigenvalue weighted by atomic mass is 16.3. The van der Waals surface area contributed by atoms with Crippen molar-refractivity contribution in [2.75, 3.05) is 0 Å². The number of hydrogen-bond acceptors (Lipinski definition) is 6. The molecule has 0 aliphatic carbocycles. The van der Waals surface area contributed by atoms with E-state index in [2.05, 4.69) is 9.97 Å². The Bertz CT molecular complexity index is 1070. The second-order valence-corrected chi connectivity index (χ2v) is 6.38. The van der Waals surface area contributed by atoms with Gasteiger partial charge in [-0.3, -0.25) is 9.59 Å². The maximum absolute atomic E-state index is 12.8. The van der Waals surface area contributed by atoms with E-state index in [1.807, 2.05) is 6.07 Å². The monoisotopic (exact) mass is 366 g/mol. The standard InChI is InChI=1S/C20H18N2O5/c1-10(2)12-8-13(17(25)18(26)16(12)24)15(23)14-9-21-19(22-20(14)27)11-6-4-3-5-7-11/h3-10,24-26H,1-2H3,(H,21,22,27). The van der Waals surface area contributed by atoms with Crippen LogP contribution in [0.2, 0.25) is 0 Å². The second-order valence-electron chi connectivity index (χ2n) is 6.38. The first-order chi connectivity index (χ1) is 12.8. The average molecular weight is 366 g/mol. The Morgan fingerprint density at radius 2 is 1.67 bits per heavy atom. The van der Waals surface area contributed by atoms with Crippen molar-refractivity contribution in [1.29, 1.82) is 0 Å². The van der Waals surface area contributed by atoms with Gasteiger partial charge in [0.2, 0.25) is 11.5 Å². The lowest BCUT2D eigenvalue weighted by Crippen LogP contribution is -2.20. The van der Waals surface area contributed by atoms with Crippen molar-refractivity contribution in [3.63, 3.8) is 0 Å². The van der Waals surface area contributed by atoms with Crippen molar-refractivity contribution in [2.45, 2.75) is 19.8 Å². The van der Waals surface area contributed by atoms with Crippen LogP contribution < -0.4 is 5.56 Å². The van der Waals surface area contributed by atoms with Crippen LogP contribution in [0.15, 0.2) is 47.4 Å². The van der Waals surface area contributed by atoms with E-state index in [4.69, 9.17) is 0 Å². The van der Waals surface area contributed by atoms with Crippen molar-refractivity contribution >= 4 is 5.78 Å². The number of phenols is 3. The molecule has 2 aromatic carbocycles. The summed E-state index contributed by atoms with van der Waals surface area (Å²) < 4.78 is 0. The molecule has 4 N–H and O–H groups in total. The van der Waals surface area contributed by atoms with E-state index in [9.17, 15) is 24.9 Å². The van der Waals surface area contributed by atoms with Gasteiger partial charge in [-0.1, -0.05) is 44.2 Å². The Balaban J connectivity index is 2.08. The largest absolute Gasteiger partial charge is 0.504 e. The first-order valence-electron chi connectivity index (χ1n) is 8.28. The molecule has 0 unspecified atom stereocenters. The summed E-state index contributed by atoms with van der Waals surface area (Å²) in [6.45, 7) is 3.51. The van der Waals surface area contributed by atoms with Crippen LogP contribution in [0.4, 0.5) is 0 Å². The minimum Gasteiger partial charge on any atom is -0.504 e. The molecule has 0 amide bonds. The van der Waals surface area contributed by atoms with E-state index in [0.29, 0.717) is 11.4 Å². The molecule has 0 saturated heterocycles. The Kier molecular flexibility index (Phi) is 4.68. The van der Waals surface area contributed by atoms with Crippen LogP contribution in [0, 0.1) is 0 Å². The average Bonchev–Trinajstić information content (AvgIpc) is 2.66. The van der Waals surface area contributed by atoms with Gasteiger partial charge in [0, 0.05) is 17.3 Å². The summed E-state index contributed by atoms with van der Waals surface area (Å²) in [6.07, 6.45) is 1.13. The molecule has 3 rings (SSSR count). The maximum atomic E-state index is 12.8. The normalized spacial score (nSPS) is 10.9. The zero-order valence-corrected chi connectivity index (χ0v) is 14.7. The molecule has 27 heavy (non-hydrogen) atoms. The fraction of sp³-hybridized carbons (Fsp3) is 0.150. The van der Waals surface area contributed by atoms with Crippen molar-refractivity contribution in [2.24, 2.45) is 0 Å². The summed E-state index contributed by atoms with van der Waals surface area (Å²) in [5.74, 6) is -2.80. The number of ketones is 1. The number of rotatable bonds is 4. The number of phenolic OH excluding ortho intramolecular Hbond substituents is 3. The molecular formula is C20H18N2O5. The molecule has 0 spiro atoms. The van der Waals surface area contributed by atoms with Gasteiger partial charge in [-0.25, -0.2) is 4.98 Å². The topological polar surface area (TPSA) is 124 Å². The predicted molar refractivity (Wildman–Crippen MR) is 99.3 cm³/mol. The number of hydrogen-bond donors (Lipinski definition) is 4. The number of aromatic nitrogens is 2. The molecular weight excluding hydrogens is 348 g/mol. The minimum atomic E-state index is -0.807. The maximum Gasteiger partial charge on any atom is 0.262 e. The van der Waals surface area contributed by atoms with Gasteiger partial charge in [0.15, 0.2) is 11.5 Å². The predicted octanol–water partition coefficient (Wildman–Crippen LogP) is 2.91. The summed E-state index contributed by atoms with van der Waals surface area (Å²) in [6, 6.07) is 10.2. The molecule has 1 aromatic heterocycles. The molecule has 0 fully saturated rings. The number of aromatic hydroxyl groups is 3. The molecule has 0 saturated carbocycles. The Labute approximate surface area is 154 Å². The highest BCUT2D eigenvalue weighted by Crippen LogP contribution is 2.43. The van der Waals surface area contributed by atoms with E-state index in [1.165, 1.54) is 6.07 Å². The van der Waals surface area contributed by atoms with E-state index in [-0.39, 0.29) is 22.6 Å². The van der Waals surface area contributed by atoms with E-state index < -0.39 is 28.6 Å². The fourth-order valence-corrected chi connectivity index (χ4v) is 2.73. The van der Waals surface area contributed by atoms with E-state index in [1.54, 1.807) is 38.1 Å². The van der Waals surface area contributed by atoms with Gasteiger partial charge in [-0.15, -0.1) is 0 Å². The second kappa shape index (κ2) is 6.95. The molecule has 0 aliphatic heterocycles. The van der Waals surface area contributed by atoms with Crippen LogP contribution in [0.3, 0.4) is 0 Å². The smallest absolute Gasteiger partial charge is 0.262 e. The minimum absolute atomic E-state index is 0.222. The van der Waals surface area contributed by atoms with Crippen molar-refractivity contribution in [3.8, 4) is 28.6 Å². The van der Waals surface area contributed by atoms with Crippen molar-refractivity contribution < 1.29 is 20.1 Å². The van der Waals surface area contributed by atoms with Crippen LogP contribution in [0.25, 0.3) is 11.4 Å². The summed E-state index contributed by atoms with van der Waals surface area (Å²) in [7, 11) is 0. The number of benzene rings is 2. The van der Waals surface area contributed by atoms with E-state index >= 15 is 0 Å². The zero-order valence-electron chi connectivity index (χ0n) is 14.7. The number of H-pyrrole nitrogens is 1. The lowest BCUT2D eigenvalue weighted by atomic mass is 9.95. The molecule has 7 nitrogen and oxygen atoms in total. The number of nitrogens with zero attached hydrogens (tertiary/aromatic N) is 1. The summed E-state index contributed by atoms with van der Waals surface area (Å²) >= 11 is 0. The lowest BCUT2D eigenvalue weighted by molar-refractivity contribution is 0.103. The van der Waals surface area contributed by atoms with Crippen LogP contribution in [0.1, 0.15) is 41.3 Å². The fourth-order valence-electron chi connectivity index (χ4n) is 2.73. The summed E-state index contributed by atoms with van der Waals surface area (Å²) in [5, 5.41) is 29.9. The third-order valence-electron chi connectivity index (χ3n) is 4.23. The van der Waals surface area contributed by atoms with Crippen LogP contribution in [0.5, 0.6) is 17.2 Å². The van der Waals surface area contributed by atoms with Gasteiger partial charge in [0.25, 0.3) is 5.56 Å². The third-order valence-corrected chi connectivity index (χ3v) is 4.23. The van der Waals surface area contributed by atoms with Crippen molar-refractivity contribution in [1.82, 2.24) is 9.97 Å². The van der Waals surface area contributed by atoms with Crippen LogP contribution in [-0.4, -0.2) is 31.1 Å². The van der Waals surface area contributed by atoms with Gasteiger partial charge in [0.05, 0.1) is 5.56 Å². The zero-order chi connectivity index (χ0) is 19.7. The van der Waals surface area contributed by atoms with E-state index in [0.717, 1.165) is 6.20 Å². The highest BCUT2D eigenvalue weighted by Gasteiger charge is 2.25. The molecule has 0 atom stereocenters. The molecule has 3 aromatic rings. The van der Waals surface area contributed by atoms with Gasteiger partial charge in [-0.05, 0) is 12.0 Å². The lowest BCUT2D eigenvalue weighted by Gasteiger charge is -2.14. The number of carbonyl (C=O) groups excluding carboxylic acids is 1. The Morgan fingerprint density at radius 3 is 2.26 bits per heavy atom. The first-order valence-corrected chi connectivity index (χ1v) is 8.28. The van der Waals surface area contributed by atoms with Gasteiger partial charge in [-0.2, -0.15) is 0 Å². The first kappa shape index (κ1) is 18.2. The Hall–Kier alpha value is -3.61. The van der Waals surface area contributed by atoms with Gasteiger partial charge < -0.3 is 20.3 Å². The highest BCUT2D eigenvalue weighted by molar-refractivity contribution is 6.11. The third kappa shape index (κ3) is 3.27. The molecule has 7 heteroatoms. The van der Waals surface area contributed by atoms with Crippen LogP contribution in [-0.2, 0) is 0 Å². The molecule has 1 heterocycles. The van der Waals surface area contributed by atoms with Gasteiger partial charge >= 0.3 is 0 Å². The van der Waals surface area contributed by atoms with Crippen molar-refractivity contribution in [3.05, 3.63) is 69.6 Å². The Morgan fingerprint density at radius 1 is 1.00 bits per heavy atom. The van der Waals surface area contributed by atoms with Gasteiger partial charge in [0.1, 0.15) is 11.4 Å². The molecule has 0 aliphatic rings. The summed E-state index contributed by atoms with van der Waals surface area (Å²) in [5.41, 5.74) is -0.287. The molecule has 138 valence electrons.